The van der Waals surface area contributed by atoms with E-state index in [0.29, 0.717) is 0 Å². The van der Waals surface area contributed by atoms with Gasteiger partial charge in [-0.05, 0) is 30.2 Å². The molecule has 1 unspecified atom stereocenters. The van der Waals surface area contributed by atoms with Gasteiger partial charge >= 0.3 is 0 Å². The highest BCUT2D eigenvalue weighted by Crippen LogP contribution is 2.34. The number of carbonyl (C=O) groups is 1. The molecule has 0 radical (unpaired) electrons. The Kier molecular flexibility index (Phi) is 5.06. The normalized spacial score (nSPS) is 12.0. The van der Waals surface area contributed by atoms with Crippen LogP contribution in [0.15, 0.2) is 42.5 Å². The summed E-state index contributed by atoms with van der Waals surface area (Å²) in [6.07, 6.45) is 0. The van der Waals surface area contributed by atoms with Crippen molar-refractivity contribution in [3.8, 4) is 16.9 Å². The van der Waals surface area contributed by atoms with Crippen molar-refractivity contribution in [3.63, 3.8) is 0 Å². The van der Waals surface area contributed by atoms with Gasteiger partial charge in [0.05, 0.1) is 23.2 Å². The van der Waals surface area contributed by atoms with E-state index in [1.165, 1.54) is 4.90 Å². The van der Waals surface area contributed by atoms with Gasteiger partial charge in [-0.25, -0.2) is 0 Å². The Bertz CT molecular complexity index is 673. The fraction of sp³-hybridized carbons (Fsp3) is 0.235. The van der Waals surface area contributed by atoms with E-state index in [9.17, 15) is 15.0 Å². The number of carbonyl (C=O) groups excluding carboxylic acids is 1. The van der Waals surface area contributed by atoms with Crippen LogP contribution in [-0.2, 0) is 0 Å². The largest absolute Gasteiger partial charge is 0.506 e. The summed E-state index contributed by atoms with van der Waals surface area (Å²) in [6, 6.07) is 12.3. The second-order valence-electron chi connectivity index (χ2n) is 5.17. The second kappa shape index (κ2) is 6.81. The van der Waals surface area contributed by atoms with E-state index >= 15 is 0 Å². The number of aliphatic hydroxyl groups excluding tert-OH is 1. The lowest BCUT2D eigenvalue weighted by Crippen LogP contribution is -2.37. The quantitative estimate of drug-likeness (QED) is 0.910. The highest BCUT2D eigenvalue weighted by atomic mass is 35.5. The molecule has 2 N–H and O–H groups in total. The summed E-state index contributed by atoms with van der Waals surface area (Å²) >= 11 is 6.06. The molecule has 0 spiro atoms. The first-order valence-electron chi connectivity index (χ1n) is 6.91. The molecule has 5 heteroatoms. The average molecular weight is 320 g/mol. The first-order valence-corrected chi connectivity index (χ1v) is 7.29. The Hall–Kier alpha value is -2.04. The minimum Gasteiger partial charge on any atom is -0.506 e. The molecule has 22 heavy (non-hydrogen) atoms. The zero-order valence-electron chi connectivity index (χ0n) is 12.5. The molecule has 0 heterocycles. The molecular formula is C17H18ClNO3. The third-order valence-corrected chi connectivity index (χ3v) is 3.93. The molecule has 116 valence electrons. The summed E-state index contributed by atoms with van der Waals surface area (Å²) < 4.78 is 0. The number of phenols is 1. The summed E-state index contributed by atoms with van der Waals surface area (Å²) in [4.78, 5) is 13.9. The highest BCUT2D eigenvalue weighted by Gasteiger charge is 2.22. The van der Waals surface area contributed by atoms with E-state index in [-0.39, 0.29) is 29.0 Å². The number of hydrogen-bond acceptors (Lipinski definition) is 3. The third kappa shape index (κ3) is 3.24. The van der Waals surface area contributed by atoms with E-state index in [4.69, 9.17) is 11.6 Å². The molecule has 0 saturated heterocycles. The lowest BCUT2D eigenvalue weighted by molar-refractivity contribution is 0.0679. The van der Waals surface area contributed by atoms with Gasteiger partial charge in [0.15, 0.2) is 0 Å². The zero-order chi connectivity index (χ0) is 16.3. The molecule has 0 aliphatic heterocycles. The van der Waals surface area contributed by atoms with Crippen molar-refractivity contribution < 1.29 is 15.0 Å². The molecule has 2 aromatic carbocycles. The van der Waals surface area contributed by atoms with Crippen LogP contribution in [0.3, 0.4) is 0 Å². The van der Waals surface area contributed by atoms with E-state index in [1.807, 2.05) is 30.3 Å². The molecule has 0 bridgehead atoms. The van der Waals surface area contributed by atoms with Gasteiger partial charge in [0.2, 0.25) is 0 Å². The topological polar surface area (TPSA) is 60.8 Å². The van der Waals surface area contributed by atoms with E-state index in [1.54, 1.807) is 26.1 Å². The van der Waals surface area contributed by atoms with Gasteiger partial charge in [-0.1, -0.05) is 41.9 Å². The lowest BCUT2D eigenvalue weighted by atomic mass is 10.0. The molecule has 4 nitrogen and oxygen atoms in total. The van der Waals surface area contributed by atoms with Gasteiger partial charge in [-0.3, -0.25) is 4.79 Å². The number of amides is 1. The van der Waals surface area contributed by atoms with Crippen LogP contribution in [0.4, 0.5) is 0 Å². The number of halogens is 1. The van der Waals surface area contributed by atoms with Gasteiger partial charge in [-0.15, -0.1) is 0 Å². The summed E-state index contributed by atoms with van der Waals surface area (Å²) in [7, 11) is 1.58. The summed E-state index contributed by atoms with van der Waals surface area (Å²) in [5, 5.41) is 19.4. The summed E-state index contributed by atoms with van der Waals surface area (Å²) in [5.74, 6) is -0.637. The van der Waals surface area contributed by atoms with Crippen LogP contribution >= 0.6 is 11.6 Å². The number of nitrogens with zero attached hydrogens (tertiary/aromatic N) is 1. The highest BCUT2D eigenvalue weighted by molar-refractivity contribution is 6.33. The molecule has 0 aliphatic carbocycles. The minimum atomic E-state index is -0.390. The minimum absolute atomic E-state index is 0.120. The maximum atomic E-state index is 12.5. The maximum absolute atomic E-state index is 12.5. The zero-order valence-corrected chi connectivity index (χ0v) is 13.2. The second-order valence-corrected chi connectivity index (χ2v) is 5.58. The van der Waals surface area contributed by atoms with Crippen LogP contribution in [0, 0.1) is 0 Å². The number of benzene rings is 2. The first kappa shape index (κ1) is 16.3. The summed E-state index contributed by atoms with van der Waals surface area (Å²) in [5.41, 5.74) is 1.77. The van der Waals surface area contributed by atoms with Gasteiger partial charge < -0.3 is 15.1 Å². The van der Waals surface area contributed by atoms with Crippen molar-refractivity contribution in [2.24, 2.45) is 0 Å². The first-order chi connectivity index (χ1) is 10.5. The van der Waals surface area contributed by atoms with Crippen LogP contribution in [0.25, 0.3) is 11.1 Å². The van der Waals surface area contributed by atoms with Crippen LogP contribution in [-0.4, -0.2) is 40.7 Å². The Balaban J connectivity index is 2.48. The van der Waals surface area contributed by atoms with Crippen LogP contribution in [0.2, 0.25) is 5.02 Å². The van der Waals surface area contributed by atoms with Crippen molar-refractivity contribution in [1.29, 1.82) is 0 Å². The Morgan fingerprint density at radius 2 is 1.86 bits per heavy atom. The average Bonchev–Trinajstić information content (AvgIpc) is 2.55. The molecule has 1 amide bonds. The SMILES string of the molecule is CC(CO)N(C)C(=O)c1cc(-c2ccccc2)cc(Cl)c1O. The van der Waals surface area contributed by atoms with E-state index in [2.05, 4.69) is 0 Å². The van der Waals surface area contributed by atoms with Crippen LogP contribution in [0.5, 0.6) is 5.75 Å². The number of likely N-dealkylation sites (N-methyl/N-ethyl adjacent to an activating group) is 1. The monoisotopic (exact) mass is 319 g/mol. The molecule has 0 aliphatic rings. The third-order valence-electron chi connectivity index (χ3n) is 3.65. The fourth-order valence-corrected chi connectivity index (χ4v) is 2.29. The molecule has 0 aromatic heterocycles. The van der Waals surface area contributed by atoms with Crippen molar-refractivity contribution in [3.05, 3.63) is 53.1 Å². The Morgan fingerprint density at radius 1 is 1.23 bits per heavy atom. The van der Waals surface area contributed by atoms with E-state index < -0.39 is 5.91 Å². The number of aliphatic hydroxyl groups is 1. The van der Waals surface area contributed by atoms with Gasteiger partial charge in [0, 0.05) is 7.05 Å². The van der Waals surface area contributed by atoms with Gasteiger partial charge in [-0.2, -0.15) is 0 Å². The summed E-state index contributed by atoms with van der Waals surface area (Å²) in [6.45, 7) is 1.56. The fourth-order valence-electron chi connectivity index (χ4n) is 2.07. The lowest BCUT2D eigenvalue weighted by Gasteiger charge is -2.24. The molecule has 2 aromatic rings. The standard InChI is InChI=1S/C17H18ClNO3/c1-11(10-20)19(2)17(22)14-8-13(9-15(18)16(14)21)12-6-4-3-5-7-12/h3-9,11,20-21H,10H2,1-2H3. The molecule has 1 atom stereocenters. The Labute approximate surface area is 134 Å². The van der Waals surface area contributed by atoms with E-state index in [0.717, 1.165) is 11.1 Å². The predicted octanol–water partition coefficient (Wildman–Crippen LogP) is 3.17. The molecular weight excluding hydrogens is 302 g/mol. The van der Waals surface area contributed by atoms with Crippen molar-refractivity contribution in [2.45, 2.75) is 13.0 Å². The van der Waals surface area contributed by atoms with Crippen molar-refractivity contribution in [1.82, 2.24) is 4.90 Å². The molecule has 2 rings (SSSR count). The predicted molar refractivity (Wildman–Crippen MR) is 87.2 cm³/mol. The number of phenolic OH excluding ortho intramolecular Hbond substituents is 1. The number of rotatable bonds is 4. The van der Waals surface area contributed by atoms with Crippen molar-refractivity contribution >= 4 is 17.5 Å². The van der Waals surface area contributed by atoms with Crippen molar-refractivity contribution in [2.75, 3.05) is 13.7 Å². The molecule has 0 saturated carbocycles. The smallest absolute Gasteiger partial charge is 0.257 e. The van der Waals surface area contributed by atoms with Gasteiger partial charge in [0.25, 0.3) is 5.91 Å². The maximum Gasteiger partial charge on any atom is 0.257 e. The van der Waals surface area contributed by atoms with Crippen LogP contribution in [0.1, 0.15) is 17.3 Å². The number of aromatic hydroxyl groups is 1. The van der Waals surface area contributed by atoms with Gasteiger partial charge in [0.1, 0.15) is 5.75 Å². The Morgan fingerprint density at radius 3 is 2.45 bits per heavy atom. The molecule has 0 fully saturated rings. The van der Waals surface area contributed by atoms with Crippen LogP contribution < -0.4 is 0 Å². The number of hydrogen-bond donors (Lipinski definition) is 2.